The van der Waals surface area contributed by atoms with E-state index in [1.165, 1.54) is 22.7 Å². The predicted octanol–water partition coefficient (Wildman–Crippen LogP) is 5.38. The second-order valence-electron chi connectivity index (χ2n) is 9.39. The monoisotopic (exact) mass is 446 g/mol. The fourth-order valence-electron chi connectivity index (χ4n) is 4.12. The molecule has 3 aromatic rings. The maximum atomic E-state index is 14.3. The highest BCUT2D eigenvalue weighted by Crippen LogP contribution is 2.41. The van der Waals surface area contributed by atoms with E-state index in [-0.39, 0.29) is 28.8 Å². The summed E-state index contributed by atoms with van der Waals surface area (Å²) in [7, 11) is 3.32. The van der Waals surface area contributed by atoms with E-state index in [0.29, 0.717) is 17.7 Å². The molecular weight excluding hydrogens is 417 g/mol. The van der Waals surface area contributed by atoms with Gasteiger partial charge < -0.3 is 9.47 Å². The minimum absolute atomic E-state index is 0.0222. The molecule has 3 rings (SSSR count). The van der Waals surface area contributed by atoms with Crippen LogP contribution in [0, 0.1) is 12.3 Å². The number of carbonyl (C=O) groups is 1. The SMILES string of the molecule is Cc1c(-c2cnn(C)c2)c(C(=O)N(C)CC(C)(C)C)n(Cc2ccccc2)c1C(F)(F)F. The van der Waals surface area contributed by atoms with Crippen LogP contribution in [0.2, 0.25) is 0 Å². The molecule has 172 valence electrons. The van der Waals surface area contributed by atoms with E-state index in [9.17, 15) is 18.0 Å². The third-order valence-corrected chi connectivity index (χ3v) is 5.21. The zero-order valence-electron chi connectivity index (χ0n) is 19.3. The van der Waals surface area contributed by atoms with Crippen molar-refractivity contribution in [1.82, 2.24) is 19.2 Å². The molecule has 32 heavy (non-hydrogen) atoms. The van der Waals surface area contributed by atoms with Crippen LogP contribution in [0.25, 0.3) is 11.1 Å². The van der Waals surface area contributed by atoms with E-state index >= 15 is 0 Å². The van der Waals surface area contributed by atoms with Gasteiger partial charge in [-0.2, -0.15) is 18.3 Å². The number of amides is 1. The number of halogens is 3. The summed E-state index contributed by atoms with van der Waals surface area (Å²) >= 11 is 0. The molecular formula is C24H29F3N4O. The molecule has 0 saturated heterocycles. The number of hydrogen-bond donors (Lipinski definition) is 0. The zero-order valence-corrected chi connectivity index (χ0v) is 19.3. The molecule has 0 aliphatic rings. The standard InChI is InChI=1S/C24H29F3N4O/c1-16-19(18-12-28-30(6)14-18)20(22(32)29(5)15-23(2,3)4)31(21(16)24(25,26)27)13-17-10-8-7-9-11-17/h7-12,14H,13,15H2,1-6H3. The average Bonchev–Trinajstić information content (AvgIpc) is 3.20. The Kier molecular flexibility index (Phi) is 6.26. The lowest BCUT2D eigenvalue weighted by atomic mass is 9.96. The fourth-order valence-corrected chi connectivity index (χ4v) is 4.12. The van der Waals surface area contributed by atoms with Crippen molar-refractivity contribution in [2.75, 3.05) is 13.6 Å². The Morgan fingerprint density at radius 2 is 1.75 bits per heavy atom. The third kappa shape index (κ3) is 4.89. The Labute approximate surface area is 186 Å². The zero-order chi connectivity index (χ0) is 23.8. The summed E-state index contributed by atoms with van der Waals surface area (Å²) < 4.78 is 45.5. The van der Waals surface area contributed by atoms with Crippen molar-refractivity contribution in [3.63, 3.8) is 0 Å². The average molecular weight is 447 g/mol. The molecule has 0 aliphatic heterocycles. The number of hydrogen-bond acceptors (Lipinski definition) is 2. The summed E-state index contributed by atoms with van der Waals surface area (Å²) in [6.07, 6.45) is -1.50. The molecule has 2 heterocycles. The van der Waals surface area contributed by atoms with Crippen LogP contribution in [0.5, 0.6) is 0 Å². The second-order valence-corrected chi connectivity index (χ2v) is 9.39. The Morgan fingerprint density at radius 3 is 2.25 bits per heavy atom. The topological polar surface area (TPSA) is 43.1 Å². The van der Waals surface area contributed by atoms with Crippen molar-refractivity contribution in [1.29, 1.82) is 0 Å². The van der Waals surface area contributed by atoms with Crippen molar-refractivity contribution >= 4 is 5.91 Å². The summed E-state index contributed by atoms with van der Waals surface area (Å²) in [4.78, 5) is 15.1. The van der Waals surface area contributed by atoms with Gasteiger partial charge in [0.2, 0.25) is 0 Å². The van der Waals surface area contributed by atoms with Gasteiger partial charge in [-0.25, -0.2) is 0 Å². The first-order chi connectivity index (χ1) is 14.8. The highest BCUT2D eigenvalue weighted by molar-refractivity contribution is 6.01. The van der Waals surface area contributed by atoms with Crippen LogP contribution in [-0.4, -0.2) is 38.7 Å². The van der Waals surface area contributed by atoms with E-state index < -0.39 is 17.8 Å². The molecule has 1 amide bonds. The molecule has 0 fully saturated rings. The van der Waals surface area contributed by atoms with Crippen LogP contribution in [0.3, 0.4) is 0 Å². The lowest BCUT2D eigenvalue weighted by molar-refractivity contribution is -0.143. The number of alkyl halides is 3. The first kappa shape index (κ1) is 23.6. The van der Waals surface area contributed by atoms with Crippen molar-refractivity contribution in [3.05, 3.63) is 65.2 Å². The van der Waals surface area contributed by atoms with Crippen LogP contribution in [0.4, 0.5) is 13.2 Å². The quantitative estimate of drug-likeness (QED) is 0.528. The summed E-state index contributed by atoms with van der Waals surface area (Å²) in [6, 6.07) is 8.86. The third-order valence-electron chi connectivity index (χ3n) is 5.21. The van der Waals surface area contributed by atoms with Gasteiger partial charge >= 0.3 is 6.18 Å². The first-order valence-electron chi connectivity index (χ1n) is 10.4. The van der Waals surface area contributed by atoms with Gasteiger partial charge in [0.15, 0.2) is 0 Å². The second kappa shape index (κ2) is 8.48. The number of aryl methyl sites for hydroxylation is 1. The van der Waals surface area contributed by atoms with E-state index in [1.54, 1.807) is 50.6 Å². The summed E-state index contributed by atoms with van der Waals surface area (Å²) in [5, 5.41) is 4.13. The van der Waals surface area contributed by atoms with Crippen LogP contribution in [-0.2, 0) is 19.8 Å². The summed E-state index contributed by atoms with van der Waals surface area (Å²) in [5.41, 5.74) is 0.456. The minimum Gasteiger partial charge on any atom is -0.340 e. The summed E-state index contributed by atoms with van der Waals surface area (Å²) in [6.45, 7) is 7.69. The van der Waals surface area contributed by atoms with Gasteiger partial charge in [-0.05, 0) is 23.5 Å². The molecule has 0 N–H and O–H groups in total. The van der Waals surface area contributed by atoms with Gasteiger partial charge in [-0.1, -0.05) is 51.1 Å². The van der Waals surface area contributed by atoms with Crippen LogP contribution < -0.4 is 0 Å². The Hall–Kier alpha value is -3.03. The Balaban J connectivity index is 2.30. The molecule has 0 saturated carbocycles. The fraction of sp³-hybridized carbons (Fsp3) is 0.417. The highest BCUT2D eigenvalue weighted by atomic mass is 19.4. The minimum atomic E-state index is -4.63. The van der Waals surface area contributed by atoms with Crippen molar-refractivity contribution < 1.29 is 18.0 Å². The van der Waals surface area contributed by atoms with Gasteiger partial charge in [0, 0.05) is 44.5 Å². The predicted molar refractivity (Wildman–Crippen MR) is 118 cm³/mol. The molecule has 0 radical (unpaired) electrons. The van der Waals surface area contributed by atoms with Gasteiger partial charge in [0.25, 0.3) is 5.91 Å². The molecule has 0 bridgehead atoms. The molecule has 2 aromatic heterocycles. The largest absolute Gasteiger partial charge is 0.431 e. The van der Waals surface area contributed by atoms with Gasteiger partial charge in [0.05, 0.1) is 6.20 Å². The number of carbonyl (C=O) groups excluding carboxylic acids is 1. The Bertz CT molecular complexity index is 1100. The van der Waals surface area contributed by atoms with Crippen molar-refractivity contribution in [2.24, 2.45) is 12.5 Å². The number of aromatic nitrogens is 3. The van der Waals surface area contributed by atoms with E-state index in [4.69, 9.17) is 0 Å². The maximum absolute atomic E-state index is 14.3. The molecule has 1 aromatic carbocycles. The molecule has 5 nitrogen and oxygen atoms in total. The Morgan fingerprint density at radius 1 is 1.12 bits per heavy atom. The van der Waals surface area contributed by atoms with Gasteiger partial charge in [-0.15, -0.1) is 0 Å². The lowest BCUT2D eigenvalue weighted by Crippen LogP contribution is -2.36. The van der Waals surface area contributed by atoms with Gasteiger partial charge in [-0.3, -0.25) is 9.48 Å². The number of rotatable bonds is 5. The van der Waals surface area contributed by atoms with Crippen molar-refractivity contribution in [2.45, 2.75) is 40.4 Å². The van der Waals surface area contributed by atoms with Crippen LogP contribution in [0.1, 0.15) is 48.1 Å². The van der Waals surface area contributed by atoms with Gasteiger partial charge in [0.1, 0.15) is 11.4 Å². The lowest BCUT2D eigenvalue weighted by Gasteiger charge is -2.27. The number of nitrogens with zero attached hydrogens (tertiary/aromatic N) is 4. The molecule has 0 aliphatic carbocycles. The van der Waals surface area contributed by atoms with Crippen LogP contribution in [0.15, 0.2) is 42.7 Å². The smallest absolute Gasteiger partial charge is 0.340 e. The van der Waals surface area contributed by atoms with E-state index in [1.807, 2.05) is 20.8 Å². The maximum Gasteiger partial charge on any atom is 0.431 e. The number of benzene rings is 1. The summed E-state index contributed by atoms with van der Waals surface area (Å²) in [5.74, 6) is -0.451. The normalized spacial score (nSPS) is 12.3. The molecule has 8 heteroatoms. The van der Waals surface area contributed by atoms with E-state index in [0.717, 1.165) is 4.57 Å². The molecule has 0 spiro atoms. The van der Waals surface area contributed by atoms with Crippen molar-refractivity contribution in [3.8, 4) is 11.1 Å². The molecule has 0 unspecified atom stereocenters. The first-order valence-corrected chi connectivity index (χ1v) is 10.4. The van der Waals surface area contributed by atoms with E-state index in [2.05, 4.69) is 5.10 Å². The van der Waals surface area contributed by atoms with Crippen LogP contribution >= 0.6 is 0 Å². The molecule has 0 atom stereocenters. The highest BCUT2D eigenvalue weighted by Gasteiger charge is 2.42.